The number of aliphatic hydroxyl groups excluding tert-OH is 1. The Hall–Kier alpha value is -1.06. The van der Waals surface area contributed by atoms with Crippen molar-refractivity contribution in [2.75, 3.05) is 20.3 Å². The highest BCUT2D eigenvalue weighted by atomic mass is 16.5. The maximum Gasteiger partial charge on any atom is 0.119 e. The van der Waals surface area contributed by atoms with Crippen LogP contribution >= 0.6 is 0 Å². The van der Waals surface area contributed by atoms with E-state index in [0.29, 0.717) is 19.6 Å². The minimum Gasteiger partial charge on any atom is -0.494 e. The fourth-order valence-electron chi connectivity index (χ4n) is 1.42. The Labute approximate surface area is 97.0 Å². The third kappa shape index (κ3) is 5.73. The maximum atomic E-state index is 9.54. The molecule has 0 aromatic heterocycles. The van der Waals surface area contributed by atoms with Gasteiger partial charge < -0.3 is 14.6 Å². The molecule has 1 unspecified atom stereocenters. The Morgan fingerprint density at radius 3 is 2.56 bits per heavy atom. The fraction of sp³-hybridized carbons (Fsp3) is 0.538. The van der Waals surface area contributed by atoms with E-state index >= 15 is 0 Å². The molecule has 0 aliphatic heterocycles. The van der Waals surface area contributed by atoms with Crippen molar-refractivity contribution < 1.29 is 14.6 Å². The summed E-state index contributed by atoms with van der Waals surface area (Å²) in [6.07, 6.45) is 2.04. The van der Waals surface area contributed by atoms with Crippen molar-refractivity contribution in [3.63, 3.8) is 0 Å². The molecule has 16 heavy (non-hydrogen) atoms. The van der Waals surface area contributed by atoms with E-state index in [1.54, 1.807) is 7.11 Å². The summed E-state index contributed by atoms with van der Waals surface area (Å²) in [7, 11) is 1.64. The summed E-state index contributed by atoms with van der Waals surface area (Å²) in [6, 6.07) is 9.72. The van der Waals surface area contributed by atoms with Gasteiger partial charge in [-0.1, -0.05) is 18.2 Å². The van der Waals surface area contributed by atoms with Crippen molar-refractivity contribution in [3.05, 3.63) is 30.3 Å². The lowest BCUT2D eigenvalue weighted by Gasteiger charge is -2.10. The quantitative estimate of drug-likeness (QED) is 0.688. The molecule has 0 aliphatic rings. The lowest BCUT2D eigenvalue weighted by atomic mass is 10.1. The molecule has 1 aromatic carbocycles. The maximum absolute atomic E-state index is 9.54. The van der Waals surface area contributed by atoms with Crippen LogP contribution in [0.2, 0.25) is 0 Å². The van der Waals surface area contributed by atoms with E-state index in [0.717, 1.165) is 18.6 Å². The average Bonchev–Trinajstić information content (AvgIpc) is 2.33. The molecular formula is C13H20O3. The van der Waals surface area contributed by atoms with Gasteiger partial charge in [0.05, 0.1) is 12.7 Å². The second-order valence-corrected chi connectivity index (χ2v) is 3.74. The van der Waals surface area contributed by atoms with E-state index in [4.69, 9.17) is 9.47 Å². The zero-order chi connectivity index (χ0) is 11.6. The second kappa shape index (κ2) is 8.13. The Morgan fingerprint density at radius 2 is 1.88 bits per heavy atom. The van der Waals surface area contributed by atoms with Crippen LogP contribution in [0.1, 0.15) is 19.3 Å². The number of hydrogen-bond acceptors (Lipinski definition) is 3. The molecule has 1 N–H and O–H groups in total. The van der Waals surface area contributed by atoms with Crippen molar-refractivity contribution in [1.29, 1.82) is 0 Å². The minimum absolute atomic E-state index is 0.278. The van der Waals surface area contributed by atoms with Crippen LogP contribution in [0.5, 0.6) is 5.75 Å². The van der Waals surface area contributed by atoms with Gasteiger partial charge in [0, 0.05) is 13.7 Å². The van der Waals surface area contributed by atoms with Crippen LogP contribution in [0, 0.1) is 0 Å². The highest BCUT2D eigenvalue weighted by Gasteiger charge is 2.03. The van der Waals surface area contributed by atoms with Crippen molar-refractivity contribution in [1.82, 2.24) is 0 Å². The molecule has 1 aromatic rings. The summed E-state index contributed by atoms with van der Waals surface area (Å²) in [5.41, 5.74) is 0. The van der Waals surface area contributed by atoms with Gasteiger partial charge in [-0.15, -0.1) is 0 Å². The van der Waals surface area contributed by atoms with Gasteiger partial charge >= 0.3 is 0 Å². The van der Waals surface area contributed by atoms with Gasteiger partial charge in [-0.3, -0.25) is 0 Å². The molecule has 0 spiro atoms. The standard InChI is InChI=1S/C13H20O3/c1-15-11-9-12(14)6-5-10-16-13-7-3-2-4-8-13/h2-4,7-8,12,14H,5-6,9-11H2,1H3. The summed E-state index contributed by atoms with van der Waals surface area (Å²) in [5, 5.41) is 9.54. The molecular weight excluding hydrogens is 204 g/mol. The van der Waals surface area contributed by atoms with E-state index in [2.05, 4.69) is 0 Å². The third-order valence-electron chi connectivity index (χ3n) is 2.35. The molecule has 1 atom stereocenters. The van der Waals surface area contributed by atoms with Gasteiger partial charge in [0.25, 0.3) is 0 Å². The summed E-state index contributed by atoms with van der Waals surface area (Å²) in [6.45, 7) is 1.26. The average molecular weight is 224 g/mol. The lowest BCUT2D eigenvalue weighted by molar-refractivity contribution is 0.0987. The topological polar surface area (TPSA) is 38.7 Å². The molecule has 1 rings (SSSR count). The van der Waals surface area contributed by atoms with Gasteiger partial charge in [-0.05, 0) is 31.4 Å². The first kappa shape index (κ1) is 13.0. The van der Waals surface area contributed by atoms with Crippen LogP contribution in [0.15, 0.2) is 30.3 Å². The first-order chi connectivity index (χ1) is 7.83. The summed E-state index contributed by atoms with van der Waals surface area (Å²) in [4.78, 5) is 0. The molecule has 0 saturated heterocycles. The molecule has 0 aliphatic carbocycles. The monoisotopic (exact) mass is 224 g/mol. The molecule has 0 amide bonds. The molecule has 0 heterocycles. The molecule has 0 bridgehead atoms. The Balaban J connectivity index is 2.03. The zero-order valence-corrected chi connectivity index (χ0v) is 9.76. The predicted molar refractivity (Wildman–Crippen MR) is 63.7 cm³/mol. The van der Waals surface area contributed by atoms with Gasteiger partial charge in [0.2, 0.25) is 0 Å². The van der Waals surface area contributed by atoms with Crippen molar-refractivity contribution in [3.8, 4) is 5.75 Å². The Bertz CT molecular complexity index is 261. The number of rotatable bonds is 8. The van der Waals surface area contributed by atoms with Crippen LogP contribution in [0.3, 0.4) is 0 Å². The predicted octanol–water partition coefficient (Wildman–Crippen LogP) is 2.24. The van der Waals surface area contributed by atoms with Gasteiger partial charge in [0.15, 0.2) is 0 Å². The van der Waals surface area contributed by atoms with Crippen molar-refractivity contribution in [2.24, 2.45) is 0 Å². The minimum atomic E-state index is -0.278. The second-order valence-electron chi connectivity index (χ2n) is 3.74. The highest BCUT2D eigenvalue weighted by Crippen LogP contribution is 2.09. The largest absolute Gasteiger partial charge is 0.494 e. The molecule has 90 valence electrons. The summed E-state index contributed by atoms with van der Waals surface area (Å²) < 4.78 is 10.4. The van der Waals surface area contributed by atoms with E-state index < -0.39 is 0 Å². The number of ether oxygens (including phenoxy) is 2. The zero-order valence-electron chi connectivity index (χ0n) is 9.76. The van der Waals surface area contributed by atoms with Crippen molar-refractivity contribution in [2.45, 2.75) is 25.4 Å². The van der Waals surface area contributed by atoms with Crippen LogP contribution in [-0.2, 0) is 4.74 Å². The lowest BCUT2D eigenvalue weighted by Crippen LogP contribution is -2.11. The number of benzene rings is 1. The van der Waals surface area contributed by atoms with E-state index in [9.17, 15) is 5.11 Å². The van der Waals surface area contributed by atoms with E-state index in [-0.39, 0.29) is 6.10 Å². The first-order valence-corrected chi connectivity index (χ1v) is 5.68. The normalized spacial score (nSPS) is 12.4. The van der Waals surface area contributed by atoms with Gasteiger partial charge in [0.1, 0.15) is 5.75 Å². The SMILES string of the molecule is COCCC(O)CCCOc1ccccc1. The van der Waals surface area contributed by atoms with E-state index in [1.807, 2.05) is 30.3 Å². The summed E-state index contributed by atoms with van der Waals surface area (Å²) >= 11 is 0. The van der Waals surface area contributed by atoms with Crippen LogP contribution < -0.4 is 4.74 Å². The summed E-state index contributed by atoms with van der Waals surface area (Å²) in [5.74, 6) is 0.883. The van der Waals surface area contributed by atoms with Crippen LogP contribution in [0.25, 0.3) is 0 Å². The molecule has 0 saturated carbocycles. The smallest absolute Gasteiger partial charge is 0.119 e. The fourth-order valence-corrected chi connectivity index (χ4v) is 1.42. The molecule has 3 nitrogen and oxygen atoms in total. The highest BCUT2D eigenvalue weighted by molar-refractivity contribution is 5.20. The van der Waals surface area contributed by atoms with Gasteiger partial charge in [-0.25, -0.2) is 0 Å². The third-order valence-corrected chi connectivity index (χ3v) is 2.35. The number of aliphatic hydroxyl groups is 1. The number of hydrogen-bond donors (Lipinski definition) is 1. The van der Waals surface area contributed by atoms with Crippen LogP contribution in [-0.4, -0.2) is 31.5 Å². The Morgan fingerprint density at radius 1 is 1.12 bits per heavy atom. The van der Waals surface area contributed by atoms with Crippen molar-refractivity contribution >= 4 is 0 Å². The molecule has 0 radical (unpaired) electrons. The number of methoxy groups -OCH3 is 1. The molecule has 0 fully saturated rings. The Kier molecular flexibility index (Phi) is 6.61. The van der Waals surface area contributed by atoms with Gasteiger partial charge in [-0.2, -0.15) is 0 Å². The first-order valence-electron chi connectivity index (χ1n) is 5.68. The molecule has 3 heteroatoms. The van der Waals surface area contributed by atoms with Crippen LogP contribution in [0.4, 0.5) is 0 Å². The number of para-hydroxylation sites is 1. The van der Waals surface area contributed by atoms with E-state index in [1.165, 1.54) is 0 Å².